The Morgan fingerprint density at radius 1 is 0.931 bits per heavy atom. The Balaban J connectivity index is 2.42. The molecule has 0 N–H and O–H groups in total. The third-order valence-electron chi connectivity index (χ3n) is 4.52. The fraction of sp³-hybridized carbons (Fsp3) is 0.304. The number of anilines is 1. The minimum atomic E-state index is -0.405. The predicted octanol–water partition coefficient (Wildman–Crippen LogP) is 4.18. The summed E-state index contributed by atoms with van der Waals surface area (Å²) in [5.41, 5.74) is 1.46. The van der Waals surface area contributed by atoms with Gasteiger partial charge in [-0.25, -0.2) is 4.99 Å². The lowest BCUT2D eigenvalue weighted by Crippen LogP contribution is -2.32. The number of aromatic nitrogens is 1. The number of hydrogen-bond donors (Lipinski definition) is 0. The Hall–Kier alpha value is -2.86. The third-order valence-corrected chi connectivity index (χ3v) is 5.39. The first kappa shape index (κ1) is 20.9. The molecule has 0 aliphatic carbocycles. The van der Waals surface area contributed by atoms with E-state index in [1.807, 2.05) is 31.2 Å². The molecule has 0 fully saturated rings. The smallest absolute Gasteiger partial charge is 0.279 e. The second-order valence-corrected chi connectivity index (χ2v) is 7.88. The van der Waals surface area contributed by atoms with Crippen LogP contribution < -0.4 is 19.9 Å². The van der Waals surface area contributed by atoms with Gasteiger partial charge in [0.05, 0.1) is 11.1 Å². The molecule has 0 saturated heterocycles. The van der Waals surface area contributed by atoms with E-state index in [9.17, 15) is 9.59 Å². The molecule has 150 valence electrons. The van der Waals surface area contributed by atoms with Crippen molar-refractivity contribution in [2.45, 2.75) is 33.6 Å². The summed E-state index contributed by atoms with van der Waals surface area (Å²) < 4.78 is 0.267. The molecule has 1 heterocycles. The maximum atomic E-state index is 13.0. The van der Waals surface area contributed by atoms with Crippen LogP contribution in [0.4, 0.5) is 11.5 Å². The number of nitrogens with zero attached hydrogens (tertiary/aromatic N) is 3. The van der Waals surface area contributed by atoms with Gasteiger partial charge in [0, 0.05) is 18.5 Å². The summed E-state index contributed by atoms with van der Waals surface area (Å²) in [7, 11) is 0. The number of fused-ring (bicyclic) bond motifs is 1. The maximum Gasteiger partial charge on any atom is 0.279 e. The van der Waals surface area contributed by atoms with E-state index in [0.717, 1.165) is 48.5 Å². The minimum absolute atomic E-state index is 0.194. The SMILES string of the molecule is CCCN(CCC)c1nc(=O)c2ccccc2c(=O)sc1=Nc1ccc(C)cc1. The highest BCUT2D eigenvalue weighted by atomic mass is 32.1. The van der Waals surface area contributed by atoms with Crippen LogP contribution in [0.25, 0.3) is 10.8 Å². The zero-order chi connectivity index (χ0) is 20.8. The Kier molecular flexibility index (Phi) is 6.88. The standard InChI is InChI=1S/C23H25N3O2S/c1-4-14-26(15-5-2)20-22(24-17-12-10-16(3)11-13-17)29-23(28)19-9-7-6-8-18(19)21(27)25-20/h6-13H,4-5,14-15H2,1-3H3. The molecule has 0 radical (unpaired) electrons. The summed E-state index contributed by atoms with van der Waals surface area (Å²) in [6.07, 6.45) is 1.81. The van der Waals surface area contributed by atoms with Gasteiger partial charge in [-0.2, -0.15) is 4.98 Å². The molecule has 6 heteroatoms. The minimum Gasteiger partial charge on any atom is -0.354 e. The number of rotatable bonds is 6. The largest absolute Gasteiger partial charge is 0.354 e. The van der Waals surface area contributed by atoms with Crippen LogP contribution in [0.1, 0.15) is 32.3 Å². The fourth-order valence-corrected chi connectivity index (χ4v) is 4.00. The van der Waals surface area contributed by atoms with Gasteiger partial charge in [-0.1, -0.05) is 55.0 Å². The van der Waals surface area contributed by atoms with E-state index < -0.39 is 5.56 Å². The lowest BCUT2D eigenvalue weighted by molar-refractivity contribution is 0.731. The van der Waals surface area contributed by atoms with E-state index in [1.165, 1.54) is 0 Å². The van der Waals surface area contributed by atoms with E-state index in [1.54, 1.807) is 24.3 Å². The molecule has 3 aromatic rings. The molecule has 0 saturated carbocycles. The molecule has 5 nitrogen and oxygen atoms in total. The van der Waals surface area contributed by atoms with Crippen LogP contribution in [-0.4, -0.2) is 18.1 Å². The third kappa shape index (κ3) is 4.95. The van der Waals surface area contributed by atoms with Gasteiger partial charge < -0.3 is 4.90 Å². The lowest BCUT2D eigenvalue weighted by Gasteiger charge is -2.21. The summed E-state index contributed by atoms with van der Waals surface area (Å²) >= 11 is 1.04. The summed E-state index contributed by atoms with van der Waals surface area (Å²) in [5.74, 6) is 0.479. The molecule has 2 aromatic carbocycles. The van der Waals surface area contributed by atoms with Crippen molar-refractivity contribution < 1.29 is 0 Å². The fourth-order valence-electron chi connectivity index (χ4n) is 3.12. The summed E-state index contributed by atoms with van der Waals surface area (Å²) in [4.78, 5) is 37.2. The highest BCUT2D eigenvalue weighted by Gasteiger charge is 2.12. The molecule has 0 spiro atoms. The second kappa shape index (κ2) is 9.56. The highest BCUT2D eigenvalue weighted by Crippen LogP contribution is 2.14. The normalized spacial score (nSPS) is 11.6. The summed E-state index contributed by atoms with van der Waals surface area (Å²) in [5, 5.41) is 0.712. The lowest BCUT2D eigenvalue weighted by atomic mass is 10.2. The van der Waals surface area contributed by atoms with Crippen molar-refractivity contribution in [2.75, 3.05) is 18.0 Å². The van der Waals surface area contributed by atoms with Crippen LogP contribution in [-0.2, 0) is 0 Å². The van der Waals surface area contributed by atoms with E-state index in [-0.39, 0.29) is 4.74 Å². The highest BCUT2D eigenvalue weighted by molar-refractivity contribution is 7.07. The number of hydrogen-bond acceptors (Lipinski definition) is 6. The van der Waals surface area contributed by atoms with Crippen LogP contribution in [0.2, 0.25) is 0 Å². The quantitative estimate of drug-likeness (QED) is 0.615. The first-order chi connectivity index (χ1) is 14.0. The van der Waals surface area contributed by atoms with Crippen LogP contribution >= 0.6 is 11.3 Å². The molecular weight excluding hydrogens is 382 g/mol. The number of benzene rings is 2. The van der Waals surface area contributed by atoms with E-state index in [0.29, 0.717) is 21.3 Å². The molecule has 3 rings (SSSR count). The Morgan fingerprint density at radius 2 is 1.55 bits per heavy atom. The molecule has 29 heavy (non-hydrogen) atoms. The molecular formula is C23H25N3O2S. The van der Waals surface area contributed by atoms with Crippen molar-refractivity contribution in [1.82, 2.24) is 4.98 Å². The first-order valence-corrected chi connectivity index (χ1v) is 10.7. The molecule has 0 aliphatic heterocycles. The van der Waals surface area contributed by atoms with Gasteiger partial charge in [-0.15, -0.1) is 0 Å². The molecule has 1 aromatic heterocycles. The van der Waals surface area contributed by atoms with Crippen LogP contribution in [0.5, 0.6) is 0 Å². The molecule has 0 aliphatic rings. The van der Waals surface area contributed by atoms with Crippen molar-refractivity contribution in [3.8, 4) is 0 Å². The molecule has 0 unspecified atom stereocenters. The second-order valence-electron chi connectivity index (χ2n) is 6.92. The van der Waals surface area contributed by atoms with Gasteiger partial charge in [0.15, 0.2) is 10.5 Å². The maximum absolute atomic E-state index is 13.0. The molecule has 0 bridgehead atoms. The Morgan fingerprint density at radius 3 is 2.17 bits per heavy atom. The van der Waals surface area contributed by atoms with Gasteiger partial charge in [-0.05, 0) is 44.0 Å². The van der Waals surface area contributed by atoms with Crippen LogP contribution in [0.3, 0.4) is 0 Å². The Labute approximate surface area is 174 Å². The monoisotopic (exact) mass is 407 g/mol. The molecule has 0 amide bonds. The van der Waals surface area contributed by atoms with Gasteiger partial charge in [0.2, 0.25) is 4.74 Å². The Bertz CT molecular complexity index is 1180. The average molecular weight is 408 g/mol. The van der Waals surface area contributed by atoms with E-state index in [4.69, 9.17) is 4.99 Å². The van der Waals surface area contributed by atoms with Crippen LogP contribution in [0, 0.1) is 6.92 Å². The van der Waals surface area contributed by atoms with Gasteiger partial charge in [0.25, 0.3) is 5.56 Å². The average Bonchev–Trinajstić information content (AvgIpc) is 2.72. The zero-order valence-electron chi connectivity index (χ0n) is 17.0. The van der Waals surface area contributed by atoms with Crippen molar-refractivity contribution >= 4 is 33.6 Å². The van der Waals surface area contributed by atoms with E-state index >= 15 is 0 Å². The summed E-state index contributed by atoms with van der Waals surface area (Å²) in [6, 6.07) is 14.6. The van der Waals surface area contributed by atoms with Crippen molar-refractivity contribution in [3.05, 3.63) is 78.7 Å². The van der Waals surface area contributed by atoms with Gasteiger partial charge in [-0.3, -0.25) is 9.59 Å². The van der Waals surface area contributed by atoms with Crippen molar-refractivity contribution in [1.29, 1.82) is 0 Å². The van der Waals surface area contributed by atoms with Crippen molar-refractivity contribution in [2.24, 2.45) is 4.99 Å². The number of aryl methyl sites for hydroxylation is 1. The zero-order valence-corrected chi connectivity index (χ0v) is 17.8. The van der Waals surface area contributed by atoms with Crippen molar-refractivity contribution in [3.63, 3.8) is 0 Å². The van der Waals surface area contributed by atoms with Crippen LogP contribution in [0.15, 0.2) is 63.1 Å². The molecule has 0 atom stereocenters. The first-order valence-electron chi connectivity index (χ1n) is 9.88. The topological polar surface area (TPSA) is 62.6 Å². The summed E-state index contributed by atoms with van der Waals surface area (Å²) in [6.45, 7) is 7.65. The predicted molar refractivity (Wildman–Crippen MR) is 121 cm³/mol. The van der Waals surface area contributed by atoms with Gasteiger partial charge >= 0.3 is 0 Å². The van der Waals surface area contributed by atoms with E-state index in [2.05, 4.69) is 23.7 Å². The van der Waals surface area contributed by atoms with Gasteiger partial charge in [0.1, 0.15) is 0 Å².